The fourth-order valence-corrected chi connectivity index (χ4v) is 3.73. The Morgan fingerprint density at radius 3 is 2.31 bits per heavy atom. The Labute approximate surface area is 217 Å². The van der Waals surface area contributed by atoms with E-state index in [1.807, 2.05) is 36.4 Å². The Hall–Kier alpha value is -3.49. The largest absolute Gasteiger partial charge is 0.493 e. The Morgan fingerprint density at radius 2 is 1.63 bits per heavy atom. The van der Waals surface area contributed by atoms with E-state index in [-0.39, 0.29) is 5.91 Å². The fourth-order valence-electron chi connectivity index (χ4n) is 3.03. The Morgan fingerprint density at radius 1 is 0.943 bits per heavy atom. The summed E-state index contributed by atoms with van der Waals surface area (Å²) in [7, 11) is 4.67. The number of hydrazone groups is 1. The molecule has 7 nitrogen and oxygen atoms in total. The van der Waals surface area contributed by atoms with E-state index in [0.29, 0.717) is 44.7 Å². The highest BCUT2D eigenvalue weighted by Crippen LogP contribution is 2.37. The molecule has 0 unspecified atom stereocenters. The summed E-state index contributed by atoms with van der Waals surface area (Å²) in [5.74, 6) is 1.89. The normalized spacial score (nSPS) is 11.0. The van der Waals surface area contributed by atoms with Gasteiger partial charge >= 0.3 is 0 Å². The molecule has 3 aromatic rings. The van der Waals surface area contributed by atoms with Crippen LogP contribution in [-0.2, 0) is 11.4 Å². The smallest absolute Gasteiger partial charge is 0.264 e. The second-order valence-corrected chi connectivity index (χ2v) is 8.42. The number of hydrogen-bond acceptors (Lipinski definition) is 6. The van der Waals surface area contributed by atoms with Crippen molar-refractivity contribution in [1.82, 2.24) is 5.43 Å². The summed E-state index contributed by atoms with van der Waals surface area (Å²) in [5.41, 5.74) is 4.92. The first-order chi connectivity index (χ1) is 16.9. The highest BCUT2D eigenvalue weighted by molar-refractivity contribution is 9.10. The van der Waals surface area contributed by atoms with Crippen molar-refractivity contribution in [3.05, 3.63) is 86.9 Å². The van der Waals surface area contributed by atoms with Gasteiger partial charge in [-0.25, -0.2) is 5.43 Å². The summed E-state index contributed by atoms with van der Waals surface area (Å²) in [6, 6.07) is 16.3. The van der Waals surface area contributed by atoms with Gasteiger partial charge in [0.25, 0.3) is 5.91 Å². The number of carbonyl (C=O) groups excluding carboxylic acids is 1. The van der Waals surface area contributed by atoms with Gasteiger partial charge in [0.15, 0.2) is 23.0 Å². The molecule has 0 radical (unpaired) electrons. The minimum atomic E-state index is -0.384. The van der Waals surface area contributed by atoms with Crippen molar-refractivity contribution in [1.29, 1.82) is 0 Å². The number of methoxy groups -OCH3 is 3. The van der Waals surface area contributed by atoms with Gasteiger partial charge in [0.1, 0.15) is 6.61 Å². The minimum absolute atomic E-state index is 0.349. The minimum Gasteiger partial charge on any atom is -0.493 e. The Balaban J connectivity index is 1.62. The van der Waals surface area contributed by atoms with Crippen molar-refractivity contribution in [2.45, 2.75) is 6.61 Å². The van der Waals surface area contributed by atoms with Crippen LogP contribution in [0.4, 0.5) is 0 Å². The molecule has 1 amide bonds. The van der Waals surface area contributed by atoms with Gasteiger partial charge in [-0.2, -0.15) is 5.10 Å². The maximum atomic E-state index is 12.1. The van der Waals surface area contributed by atoms with Crippen LogP contribution in [0.5, 0.6) is 23.0 Å². The molecule has 0 spiro atoms. The zero-order valence-electron chi connectivity index (χ0n) is 19.4. The van der Waals surface area contributed by atoms with E-state index >= 15 is 0 Å². The molecule has 3 aromatic carbocycles. The first-order valence-electron chi connectivity index (χ1n) is 10.4. The lowest BCUT2D eigenvalue weighted by Gasteiger charge is -2.13. The van der Waals surface area contributed by atoms with Gasteiger partial charge in [0.2, 0.25) is 0 Å². The van der Waals surface area contributed by atoms with Gasteiger partial charge in [-0.1, -0.05) is 29.8 Å². The Kier molecular flexibility index (Phi) is 9.57. The quantitative estimate of drug-likeness (QED) is 0.191. The third kappa shape index (κ3) is 7.50. The van der Waals surface area contributed by atoms with Crippen LogP contribution in [0.2, 0.25) is 5.02 Å². The van der Waals surface area contributed by atoms with E-state index in [2.05, 4.69) is 26.5 Å². The summed E-state index contributed by atoms with van der Waals surface area (Å²) in [5, 5.41) is 4.68. The van der Waals surface area contributed by atoms with Crippen molar-refractivity contribution < 1.29 is 23.7 Å². The number of hydrogen-bond donors (Lipinski definition) is 1. The summed E-state index contributed by atoms with van der Waals surface area (Å²) in [6.45, 7) is 0.349. The van der Waals surface area contributed by atoms with Crippen LogP contribution in [0, 0.1) is 0 Å². The Bertz CT molecular complexity index is 1230. The molecule has 9 heteroatoms. The maximum absolute atomic E-state index is 12.1. The number of nitrogens with one attached hydrogen (secondary N) is 1. The molecule has 0 fully saturated rings. The molecular formula is C26H24BrClN2O5. The van der Waals surface area contributed by atoms with E-state index in [0.717, 1.165) is 11.1 Å². The number of nitrogens with zero attached hydrogens (tertiary/aromatic N) is 1. The molecule has 0 aliphatic heterocycles. The summed E-state index contributed by atoms with van der Waals surface area (Å²) < 4.78 is 22.6. The first-order valence-corrected chi connectivity index (χ1v) is 11.6. The topological polar surface area (TPSA) is 78.4 Å². The molecule has 0 aliphatic carbocycles. The molecular weight excluding hydrogens is 536 g/mol. The van der Waals surface area contributed by atoms with Gasteiger partial charge in [0, 0.05) is 11.1 Å². The molecule has 0 bridgehead atoms. The summed E-state index contributed by atoms with van der Waals surface area (Å²) in [6.07, 6.45) is 4.54. The fraction of sp³-hybridized carbons (Fsp3) is 0.154. The van der Waals surface area contributed by atoms with Gasteiger partial charge in [-0.15, -0.1) is 0 Å². The first kappa shape index (κ1) is 26.1. The van der Waals surface area contributed by atoms with E-state index in [4.69, 9.17) is 30.5 Å². The van der Waals surface area contributed by atoms with Crippen LogP contribution >= 0.6 is 27.5 Å². The molecule has 0 aromatic heterocycles. The zero-order chi connectivity index (χ0) is 25.2. The molecule has 0 aliphatic rings. The second-order valence-electron chi connectivity index (χ2n) is 7.13. The van der Waals surface area contributed by atoms with Gasteiger partial charge < -0.3 is 18.9 Å². The highest BCUT2D eigenvalue weighted by atomic mass is 79.9. The van der Waals surface area contributed by atoms with Crippen molar-refractivity contribution in [2.75, 3.05) is 21.3 Å². The van der Waals surface area contributed by atoms with Crippen molar-refractivity contribution in [2.24, 2.45) is 5.10 Å². The molecule has 1 N–H and O–H groups in total. The average molecular weight is 560 g/mol. The zero-order valence-corrected chi connectivity index (χ0v) is 21.7. The monoisotopic (exact) mass is 558 g/mol. The number of rotatable bonds is 10. The highest BCUT2D eigenvalue weighted by Gasteiger charge is 2.12. The van der Waals surface area contributed by atoms with Crippen LogP contribution in [0.3, 0.4) is 0 Å². The van der Waals surface area contributed by atoms with E-state index in [1.165, 1.54) is 12.3 Å². The third-order valence-corrected chi connectivity index (χ3v) is 5.61. The van der Waals surface area contributed by atoms with E-state index in [9.17, 15) is 4.79 Å². The molecule has 182 valence electrons. The summed E-state index contributed by atoms with van der Waals surface area (Å²) in [4.78, 5) is 12.1. The predicted molar refractivity (Wildman–Crippen MR) is 141 cm³/mol. The van der Waals surface area contributed by atoms with Gasteiger partial charge in [-0.3, -0.25) is 4.79 Å². The molecule has 0 saturated heterocycles. The second kappa shape index (κ2) is 12.8. The van der Waals surface area contributed by atoms with E-state index in [1.54, 1.807) is 45.6 Å². The van der Waals surface area contributed by atoms with Crippen LogP contribution in [-0.4, -0.2) is 33.5 Å². The number of carbonyl (C=O) groups is 1. The van der Waals surface area contributed by atoms with E-state index < -0.39 is 0 Å². The number of halogens is 2. The molecule has 35 heavy (non-hydrogen) atoms. The van der Waals surface area contributed by atoms with Crippen LogP contribution in [0.1, 0.15) is 16.7 Å². The lowest BCUT2D eigenvalue weighted by molar-refractivity contribution is -0.116. The predicted octanol–water partition coefficient (Wildman–Crippen LogP) is 5.87. The van der Waals surface area contributed by atoms with Crippen LogP contribution in [0.25, 0.3) is 6.08 Å². The lowest BCUT2D eigenvalue weighted by atomic mass is 10.2. The molecule has 3 rings (SSSR count). The van der Waals surface area contributed by atoms with Gasteiger partial charge in [0.05, 0.1) is 32.0 Å². The van der Waals surface area contributed by atoms with Crippen LogP contribution < -0.4 is 24.4 Å². The molecule has 0 saturated carbocycles. The van der Waals surface area contributed by atoms with Crippen LogP contribution in [0.15, 0.2) is 70.2 Å². The third-order valence-electron chi connectivity index (χ3n) is 4.77. The maximum Gasteiger partial charge on any atom is 0.264 e. The number of ether oxygens (including phenoxy) is 4. The SMILES string of the molecule is COc1ccc(/C=C/C(=O)N/N=C\c2cc(Br)c(OCc3ccc(Cl)cc3)c(OC)c2)cc1OC. The van der Waals surface area contributed by atoms with Crippen molar-refractivity contribution >= 4 is 45.7 Å². The molecule has 0 atom stereocenters. The van der Waals surface area contributed by atoms with Crippen molar-refractivity contribution in [3.8, 4) is 23.0 Å². The number of amides is 1. The average Bonchev–Trinajstić information content (AvgIpc) is 2.87. The number of benzene rings is 3. The standard InChI is InChI=1S/C26H24BrClN2O5/c1-32-22-10-6-17(13-23(22)33-2)7-11-25(31)30-29-15-19-12-21(27)26(24(14-19)34-3)35-16-18-4-8-20(28)9-5-18/h4-15H,16H2,1-3H3,(H,30,31)/b11-7+,29-15-. The summed E-state index contributed by atoms with van der Waals surface area (Å²) >= 11 is 9.44. The lowest BCUT2D eigenvalue weighted by Crippen LogP contribution is -2.14. The molecule has 0 heterocycles. The van der Waals surface area contributed by atoms with Gasteiger partial charge in [-0.05, 0) is 75.1 Å². The van der Waals surface area contributed by atoms with Crippen molar-refractivity contribution in [3.63, 3.8) is 0 Å².